The van der Waals surface area contributed by atoms with Crippen molar-refractivity contribution in [1.29, 1.82) is 0 Å². The number of fused-ring (bicyclic) bond motifs is 3. The molecule has 3 aliphatic rings. The number of halogens is 3. The van der Waals surface area contributed by atoms with Crippen molar-refractivity contribution >= 4 is 23.2 Å². The van der Waals surface area contributed by atoms with Crippen molar-refractivity contribution in [2.24, 2.45) is 17.6 Å². The lowest BCUT2D eigenvalue weighted by molar-refractivity contribution is -0.153. The highest BCUT2D eigenvalue weighted by atomic mass is 19.4. The second kappa shape index (κ2) is 10.6. The maximum absolute atomic E-state index is 14.8. The standard InChI is InChI=1S/C30H38F3N3O7/c1-7-28(3,4)36(8-2)12-14-11-17(37)19-15(21(14)30(31,32)33)9-13-10-16-22(35(5)6)24(39)20(27(34)42)26(41)29(16,43)25(40)18(13)23(19)38/h11,13,16,22,37-38,41,43H,7-10,12H2,1-6H3,(H2,34,42)/t13-,16-,22-,29-/m0/s1. The van der Waals surface area contributed by atoms with Crippen LogP contribution in [0, 0.1) is 11.8 Å². The number of aliphatic hydroxyl groups is 3. The van der Waals surface area contributed by atoms with E-state index in [2.05, 4.69) is 0 Å². The molecule has 0 bridgehead atoms. The normalized spacial score (nSPS) is 26.2. The zero-order chi connectivity index (χ0) is 32.6. The second-order valence-electron chi connectivity index (χ2n) is 12.4. The third-order valence-corrected chi connectivity index (χ3v) is 9.55. The van der Waals surface area contributed by atoms with Gasteiger partial charge in [0.2, 0.25) is 5.78 Å². The molecular formula is C30H38F3N3O7. The number of phenolic OH excluding ortho intramolecular Hbond substituents is 1. The number of ketones is 2. The number of amides is 1. The van der Waals surface area contributed by atoms with E-state index < -0.39 is 104 Å². The average molecular weight is 610 g/mol. The van der Waals surface area contributed by atoms with Gasteiger partial charge in [-0.25, -0.2) is 0 Å². The van der Waals surface area contributed by atoms with E-state index in [1.54, 1.807) is 0 Å². The molecule has 0 unspecified atom stereocenters. The van der Waals surface area contributed by atoms with E-state index >= 15 is 0 Å². The van der Waals surface area contributed by atoms with Crippen LogP contribution < -0.4 is 5.73 Å². The molecule has 4 atom stereocenters. The Morgan fingerprint density at radius 3 is 2.23 bits per heavy atom. The molecule has 1 saturated carbocycles. The van der Waals surface area contributed by atoms with Crippen LogP contribution in [-0.4, -0.2) is 85.5 Å². The maximum Gasteiger partial charge on any atom is 0.417 e. The zero-order valence-corrected chi connectivity index (χ0v) is 25.0. The average Bonchev–Trinajstić information content (AvgIpc) is 2.87. The van der Waals surface area contributed by atoms with Crippen LogP contribution in [-0.2, 0) is 33.5 Å². The Kier molecular flexibility index (Phi) is 8.04. The number of likely N-dealkylation sites (N-methyl/N-ethyl adjacent to an activating group) is 1. The molecule has 236 valence electrons. The van der Waals surface area contributed by atoms with E-state index in [1.807, 2.05) is 32.6 Å². The summed E-state index contributed by atoms with van der Waals surface area (Å²) in [5, 5.41) is 44.9. The maximum atomic E-state index is 14.8. The van der Waals surface area contributed by atoms with Crippen molar-refractivity contribution < 1.29 is 48.0 Å². The molecule has 43 heavy (non-hydrogen) atoms. The Labute approximate surface area is 247 Å². The quantitative estimate of drug-likeness (QED) is 0.292. The van der Waals surface area contributed by atoms with Gasteiger partial charge in [-0.05, 0) is 76.9 Å². The minimum atomic E-state index is -4.90. The molecule has 6 N–H and O–H groups in total. The summed E-state index contributed by atoms with van der Waals surface area (Å²) < 4.78 is 44.4. The number of phenols is 1. The fraction of sp³-hybridized carbons (Fsp3) is 0.567. The minimum Gasteiger partial charge on any atom is -0.508 e. The molecule has 10 nitrogen and oxygen atoms in total. The number of nitrogens with zero attached hydrogens (tertiary/aromatic N) is 2. The summed E-state index contributed by atoms with van der Waals surface area (Å²) in [6.45, 7) is 7.81. The number of Topliss-reactive ketones (excluding diaryl/α,β-unsaturated/α-hetero) is 2. The number of hydrogen-bond donors (Lipinski definition) is 5. The largest absolute Gasteiger partial charge is 0.508 e. The summed E-state index contributed by atoms with van der Waals surface area (Å²) in [5.41, 5.74) is -1.74. The van der Waals surface area contributed by atoms with Gasteiger partial charge in [-0.2, -0.15) is 13.2 Å². The lowest BCUT2D eigenvalue weighted by atomic mass is 9.57. The molecule has 0 radical (unpaired) electrons. The molecular weight excluding hydrogens is 571 g/mol. The van der Waals surface area contributed by atoms with Crippen molar-refractivity contribution in [2.45, 2.75) is 76.9 Å². The lowest BCUT2D eigenvalue weighted by Crippen LogP contribution is -2.65. The van der Waals surface area contributed by atoms with Gasteiger partial charge in [0.25, 0.3) is 5.91 Å². The van der Waals surface area contributed by atoms with Gasteiger partial charge >= 0.3 is 6.18 Å². The molecule has 1 aromatic carbocycles. The van der Waals surface area contributed by atoms with Crippen LogP contribution >= 0.6 is 0 Å². The van der Waals surface area contributed by atoms with Crippen LogP contribution in [0.4, 0.5) is 13.2 Å². The highest BCUT2D eigenvalue weighted by molar-refractivity contribution is 6.24. The fourth-order valence-corrected chi connectivity index (χ4v) is 7.04. The number of aliphatic hydroxyl groups excluding tert-OH is 2. The monoisotopic (exact) mass is 609 g/mol. The van der Waals surface area contributed by atoms with Gasteiger partial charge in [0.15, 0.2) is 11.4 Å². The van der Waals surface area contributed by atoms with Crippen molar-refractivity contribution in [1.82, 2.24) is 9.80 Å². The number of carbonyl (C=O) groups is 3. The first-order valence-electron chi connectivity index (χ1n) is 14.1. The molecule has 1 fully saturated rings. The lowest BCUT2D eigenvalue weighted by Gasteiger charge is -2.50. The third-order valence-electron chi connectivity index (χ3n) is 9.55. The Bertz CT molecular complexity index is 1460. The van der Waals surface area contributed by atoms with Gasteiger partial charge in [0.1, 0.15) is 22.8 Å². The van der Waals surface area contributed by atoms with Gasteiger partial charge in [0.05, 0.1) is 17.2 Å². The van der Waals surface area contributed by atoms with Gasteiger partial charge in [-0.1, -0.05) is 13.8 Å². The molecule has 0 heterocycles. The molecule has 13 heteroatoms. The summed E-state index contributed by atoms with van der Waals surface area (Å²) in [6.07, 6.45) is -5.01. The molecule has 0 saturated heterocycles. The number of rotatable bonds is 7. The summed E-state index contributed by atoms with van der Waals surface area (Å²) in [6, 6.07) is -0.407. The molecule has 0 spiro atoms. The first-order valence-corrected chi connectivity index (χ1v) is 14.1. The van der Waals surface area contributed by atoms with Gasteiger partial charge in [-0.3, -0.25) is 24.2 Å². The minimum absolute atomic E-state index is 0.151. The molecule has 1 amide bonds. The van der Waals surface area contributed by atoms with E-state index in [-0.39, 0.29) is 18.5 Å². The number of nitrogens with two attached hydrogens (primary N) is 1. The first kappa shape index (κ1) is 32.5. The second-order valence-corrected chi connectivity index (χ2v) is 12.4. The summed E-state index contributed by atoms with van der Waals surface area (Å²) >= 11 is 0. The van der Waals surface area contributed by atoms with E-state index in [0.717, 1.165) is 6.07 Å². The number of alkyl halides is 3. The highest BCUT2D eigenvalue weighted by Gasteiger charge is 2.64. The van der Waals surface area contributed by atoms with E-state index in [9.17, 15) is 48.0 Å². The summed E-state index contributed by atoms with van der Waals surface area (Å²) in [4.78, 5) is 42.4. The summed E-state index contributed by atoms with van der Waals surface area (Å²) in [5.74, 6) is -9.03. The Hall–Kier alpha value is -3.42. The molecule has 3 aliphatic carbocycles. The van der Waals surface area contributed by atoms with Crippen molar-refractivity contribution in [2.75, 3.05) is 20.6 Å². The zero-order valence-electron chi connectivity index (χ0n) is 25.0. The van der Waals surface area contributed by atoms with E-state index in [0.29, 0.717) is 13.0 Å². The van der Waals surface area contributed by atoms with Crippen LogP contribution in [0.15, 0.2) is 23.0 Å². The number of benzene rings is 1. The number of hydrogen-bond acceptors (Lipinski definition) is 9. The van der Waals surface area contributed by atoms with E-state index in [1.165, 1.54) is 19.0 Å². The highest BCUT2D eigenvalue weighted by Crippen LogP contribution is 2.54. The van der Waals surface area contributed by atoms with Gasteiger partial charge < -0.3 is 26.2 Å². The smallest absolute Gasteiger partial charge is 0.417 e. The number of carbonyl (C=O) groups excluding carboxylic acids is 3. The molecule has 1 aromatic rings. The fourth-order valence-electron chi connectivity index (χ4n) is 7.04. The van der Waals surface area contributed by atoms with Crippen LogP contribution in [0.3, 0.4) is 0 Å². The van der Waals surface area contributed by atoms with Gasteiger partial charge in [0, 0.05) is 23.6 Å². The van der Waals surface area contributed by atoms with Crippen LogP contribution in [0.2, 0.25) is 0 Å². The van der Waals surface area contributed by atoms with Crippen molar-refractivity contribution in [3.63, 3.8) is 0 Å². The first-order chi connectivity index (χ1) is 19.7. The predicted molar refractivity (Wildman–Crippen MR) is 150 cm³/mol. The Morgan fingerprint density at radius 1 is 1.14 bits per heavy atom. The number of aromatic hydroxyl groups is 1. The third kappa shape index (κ3) is 4.81. The predicted octanol–water partition coefficient (Wildman–Crippen LogP) is 2.99. The van der Waals surface area contributed by atoms with Crippen LogP contribution in [0.5, 0.6) is 5.75 Å². The molecule has 0 aromatic heterocycles. The Morgan fingerprint density at radius 2 is 1.74 bits per heavy atom. The van der Waals surface area contributed by atoms with Crippen LogP contribution in [0.25, 0.3) is 5.76 Å². The van der Waals surface area contributed by atoms with Crippen molar-refractivity contribution in [3.8, 4) is 5.75 Å². The van der Waals surface area contributed by atoms with Gasteiger partial charge in [-0.15, -0.1) is 0 Å². The molecule has 4 rings (SSSR count). The molecule has 0 aliphatic heterocycles. The van der Waals surface area contributed by atoms with E-state index in [4.69, 9.17) is 5.73 Å². The number of primary amides is 1. The Balaban J connectivity index is 1.98. The SMILES string of the molecule is CCN(Cc1cc(O)c2c(c1C(F)(F)F)C[C@H]1C[C@H]3[C@H](N(C)C)C(=O)C(C(N)=O)=C(O)[C@@]3(O)C(=O)C1=C2O)C(C)(C)CC. The van der Waals surface area contributed by atoms with Crippen LogP contribution in [0.1, 0.15) is 62.8 Å². The van der Waals surface area contributed by atoms with Crippen molar-refractivity contribution in [3.05, 3.63) is 45.2 Å². The topological polar surface area (TPSA) is 165 Å². The summed E-state index contributed by atoms with van der Waals surface area (Å²) in [7, 11) is 2.88.